The molecule has 13 heteroatoms. The second kappa shape index (κ2) is 14.8. The summed E-state index contributed by atoms with van der Waals surface area (Å²) < 4.78 is 27.4. The van der Waals surface area contributed by atoms with Crippen LogP contribution in [0, 0.1) is 5.82 Å². The van der Waals surface area contributed by atoms with Crippen molar-refractivity contribution in [3.05, 3.63) is 53.6 Å². The van der Waals surface area contributed by atoms with Gasteiger partial charge in [0.2, 0.25) is 0 Å². The molecule has 220 valence electrons. The van der Waals surface area contributed by atoms with Crippen LogP contribution in [0.15, 0.2) is 36.5 Å². The number of carboxylic acids is 3. The number of carbonyl (C=O) groups is 3. The first kappa shape index (κ1) is 31.1. The second-order valence-corrected chi connectivity index (χ2v) is 10.0. The highest BCUT2D eigenvalue weighted by Crippen LogP contribution is 2.25. The van der Waals surface area contributed by atoms with Crippen LogP contribution in [0.25, 0.3) is 0 Å². The topological polar surface area (TPSA) is 172 Å². The SMILES string of the molecule is Fc1cccc(CN(Cc2ccnn2C2CCCCO2)CC2CCCO2)c1.O=C(O)CC(O)(CC(=O)O)C(=O)O. The molecule has 3 heterocycles. The smallest absolute Gasteiger partial charge is 0.336 e. The summed E-state index contributed by atoms with van der Waals surface area (Å²) in [5.74, 6) is -5.21. The number of rotatable bonds is 12. The van der Waals surface area contributed by atoms with E-state index in [4.69, 9.17) is 29.9 Å². The maximum absolute atomic E-state index is 13.6. The van der Waals surface area contributed by atoms with Crippen LogP contribution in [0.1, 0.15) is 62.4 Å². The third-order valence-corrected chi connectivity index (χ3v) is 6.63. The van der Waals surface area contributed by atoms with Gasteiger partial charge in [-0.25, -0.2) is 13.9 Å². The van der Waals surface area contributed by atoms with Crippen LogP contribution < -0.4 is 0 Å². The van der Waals surface area contributed by atoms with Crippen molar-refractivity contribution >= 4 is 17.9 Å². The Labute approximate surface area is 230 Å². The van der Waals surface area contributed by atoms with Gasteiger partial charge in [0, 0.05) is 39.0 Å². The fourth-order valence-electron chi connectivity index (χ4n) is 4.74. The molecule has 0 amide bonds. The molecule has 0 bridgehead atoms. The monoisotopic (exact) mass is 565 g/mol. The first-order chi connectivity index (χ1) is 19.1. The Kier molecular flexibility index (Phi) is 11.6. The Morgan fingerprint density at radius 1 is 1.00 bits per heavy atom. The molecule has 2 unspecified atom stereocenters. The molecule has 4 rings (SSSR count). The van der Waals surface area contributed by atoms with Gasteiger partial charge >= 0.3 is 17.9 Å². The Morgan fingerprint density at radius 2 is 1.73 bits per heavy atom. The maximum Gasteiger partial charge on any atom is 0.336 e. The van der Waals surface area contributed by atoms with E-state index in [1.807, 2.05) is 16.9 Å². The van der Waals surface area contributed by atoms with E-state index >= 15 is 0 Å². The standard InChI is InChI=1S/C21H28FN3O2.C6H8O7/c22-18-6-3-5-17(13-18)14-24(16-20-7-4-12-26-20)15-19-9-10-23-25(19)21-8-1-2-11-27-21;7-3(8)1-6(13,5(11)12)2-4(9)10/h3,5-6,9-10,13,20-21H,1-2,4,7-8,11-12,14-16H2;13H,1-2H2,(H,7,8)(H,9,10)(H,11,12). The van der Waals surface area contributed by atoms with Gasteiger partial charge in [0.15, 0.2) is 11.8 Å². The van der Waals surface area contributed by atoms with E-state index in [1.54, 1.807) is 12.1 Å². The molecule has 0 spiro atoms. The van der Waals surface area contributed by atoms with E-state index < -0.39 is 36.4 Å². The maximum atomic E-state index is 13.6. The van der Waals surface area contributed by atoms with Gasteiger partial charge in [0.25, 0.3) is 0 Å². The van der Waals surface area contributed by atoms with Crippen LogP contribution in [0.4, 0.5) is 4.39 Å². The van der Waals surface area contributed by atoms with Gasteiger partial charge in [-0.2, -0.15) is 5.10 Å². The number of halogens is 1. The molecule has 0 saturated carbocycles. The minimum absolute atomic E-state index is 0.0301. The third-order valence-electron chi connectivity index (χ3n) is 6.63. The average Bonchev–Trinajstić information content (AvgIpc) is 3.56. The van der Waals surface area contributed by atoms with E-state index in [-0.39, 0.29) is 18.1 Å². The van der Waals surface area contributed by atoms with Crippen LogP contribution in [-0.2, 0) is 36.9 Å². The van der Waals surface area contributed by atoms with Gasteiger partial charge in [-0.15, -0.1) is 0 Å². The summed E-state index contributed by atoms with van der Waals surface area (Å²) in [6.07, 6.45) is 5.35. The molecule has 0 radical (unpaired) electrons. The lowest BCUT2D eigenvalue weighted by Gasteiger charge is -2.28. The largest absolute Gasteiger partial charge is 0.481 e. The van der Waals surface area contributed by atoms with E-state index in [2.05, 4.69) is 16.1 Å². The van der Waals surface area contributed by atoms with Gasteiger partial charge in [0.1, 0.15) is 5.82 Å². The lowest BCUT2D eigenvalue weighted by molar-refractivity contribution is -0.170. The fraction of sp³-hybridized carbons (Fsp3) is 0.556. The zero-order chi connectivity index (χ0) is 29.1. The summed E-state index contributed by atoms with van der Waals surface area (Å²) in [6, 6.07) is 8.92. The molecule has 1 aromatic carbocycles. The summed E-state index contributed by atoms with van der Waals surface area (Å²) in [6.45, 7) is 3.91. The fourth-order valence-corrected chi connectivity index (χ4v) is 4.74. The van der Waals surface area contributed by atoms with Gasteiger partial charge in [-0.3, -0.25) is 14.5 Å². The first-order valence-corrected chi connectivity index (χ1v) is 13.2. The van der Waals surface area contributed by atoms with Gasteiger partial charge in [-0.1, -0.05) is 12.1 Å². The minimum atomic E-state index is -2.74. The van der Waals surface area contributed by atoms with E-state index in [0.717, 1.165) is 63.2 Å². The van der Waals surface area contributed by atoms with Crippen molar-refractivity contribution in [2.75, 3.05) is 19.8 Å². The van der Waals surface area contributed by atoms with Gasteiger partial charge < -0.3 is 29.9 Å². The first-order valence-electron chi connectivity index (χ1n) is 13.2. The lowest BCUT2D eigenvalue weighted by Crippen LogP contribution is -2.42. The van der Waals surface area contributed by atoms with E-state index in [1.165, 1.54) is 12.5 Å². The number of nitrogens with zero attached hydrogens (tertiary/aromatic N) is 3. The zero-order valence-electron chi connectivity index (χ0n) is 22.2. The molecule has 2 saturated heterocycles. The van der Waals surface area contributed by atoms with E-state index in [0.29, 0.717) is 6.54 Å². The molecular weight excluding hydrogens is 529 g/mol. The molecule has 4 N–H and O–H groups in total. The number of ether oxygens (including phenoxy) is 2. The molecule has 2 fully saturated rings. The molecular formula is C27H36FN3O9. The summed E-state index contributed by atoms with van der Waals surface area (Å²) in [7, 11) is 0. The number of benzene rings is 1. The molecule has 40 heavy (non-hydrogen) atoms. The zero-order valence-corrected chi connectivity index (χ0v) is 22.2. The molecule has 12 nitrogen and oxygen atoms in total. The predicted molar refractivity (Wildman–Crippen MR) is 138 cm³/mol. The number of aromatic nitrogens is 2. The highest BCUT2D eigenvalue weighted by Gasteiger charge is 2.40. The van der Waals surface area contributed by atoms with Gasteiger partial charge in [-0.05, 0) is 55.9 Å². The molecule has 2 aliphatic heterocycles. The summed E-state index contributed by atoms with van der Waals surface area (Å²) in [5.41, 5.74) is -0.623. The van der Waals surface area contributed by atoms with Crippen molar-refractivity contribution in [1.29, 1.82) is 0 Å². The molecule has 1 aromatic heterocycles. The summed E-state index contributed by atoms with van der Waals surface area (Å²) in [4.78, 5) is 32.8. The minimum Gasteiger partial charge on any atom is -0.481 e. The summed E-state index contributed by atoms with van der Waals surface area (Å²) in [5, 5.41) is 38.3. The predicted octanol–water partition coefficient (Wildman–Crippen LogP) is 2.65. The quantitative estimate of drug-likeness (QED) is 0.298. The van der Waals surface area contributed by atoms with E-state index in [9.17, 15) is 18.8 Å². The number of carboxylic acid groups (broad SMARTS) is 3. The van der Waals surface area contributed by atoms with Crippen molar-refractivity contribution in [3.8, 4) is 0 Å². The normalized spacial score (nSPS) is 19.2. The van der Waals surface area contributed by atoms with Crippen molar-refractivity contribution in [2.24, 2.45) is 0 Å². The number of aliphatic hydroxyl groups is 1. The Hall–Kier alpha value is -3.39. The molecule has 0 aliphatic carbocycles. The number of hydrogen-bond donors (Lipinski definition) is 4. The van der Waals surface area contributed by atoms with Crippen LogP contribution in [0.3, 0.4) is 0 Å². The average molecular weight is 566 g/mol. The van der Waals surface area contributed by atoms with Crippen LogP contribution in [-0.4, -0.2) is 84.5 Å². The third kappa shape index (κ3) is 9.66. The van der Waals surface area contributed by atoms with Gasteiger partial charge in [0.05, 0.1) is 24.6 Å². The molecule has 2 atom stereocenters. The highest BCUT2D eigenvalue weighted by molar-refractivity contribution is 5.88. The Morgan fingerprint density at radius 3 is 2.30 bits per heavy atom. The highest BCUT2D eigenvalue weighted by atomic mass is 19.1. The second-order valence-electron chi connectivity index (χ2n) is 10.0. The Bertz CT molecular complexity index is 1110. The van der Waals surface area contributed by atoms with Crippen molar-refractivity contribution in [2.45, 2.75) is 76.0 Å². The lowest BCUT2D eigenvalue weighted by atomic mass is 9.96. The van der Waals surface area contributed by atoms with Crippen molar-refractivity contribution in [3.63, 3.8) is 0 Å². The Balaban J connectivity index is 0.000000289. The molecule has 2 aliphatic rings. The van der Waals surface area contributed by atoms with Crippen molar-refractivity contribution in [1.82, 2.24) is 14.7 Å². The van der Waals surface area contributed by atoms with Crippen LogP contribution >= 0.6 is 0 Å². The van der Waals surface area contributed by atoms with Crippen molar-refractivity contribution < 1.29 is 48.7 Å². The van der Waals surface area contributed by atoms with Crippen LogP contribution in [0.2, 0.25) is 0 Å². The number of aliphatic carboxylic acids is 3. The number of hydrogen-bond acceptors (Lipinski definition) is 8. The summed E-state index contributed by atoms with van der Waals surface area (Å²) >= 11 is 0. The molecule has 2 aromatic rings. The van der Waals surface area contributed by atoms with Crippen LogP contribution in [0.5, 0.6) is 0 Å².